The summed E-state index contributed by atoms with van der Waals surface area (Å²) in [6.07, 6.45) is 0.173. The Balaban J connectivity index is 1.95. The zero-order valence-corrected chi connectivity index (χ0v) is 15.0. The van der Waals surface area contributed by atoms with Gasteiger partial charge >= 0.3 is 0 Å². The van der Waals surface area contributed by atoms with Crippen molar-refractivity contribution in [2.24, 2.45) is 0 Å². The summed E-state index contributed by atoms with van der Waals surface area (Å²) in [5.74, 6) is 1.00. The molecule has 0 spiro atoms. The maximum atomic E-state index is 12.5. The van der Waals surface area contributed by atoms with Crippen molar-refractivity contribution >= 4 is 5.91 Å². The minimum Gasteiger partial charge on any atom is -0.480 e. The fraction of sp³-hybridized carbons (Fsp3) is 0.381. The highest BCUT2D eigenvalue weighted by Gasteiger charge is 2.20. The number of nitrogens with one attached hydrogen (secondary N) is 1. The quantitative estimate of drug-likeness (QED) is 0.820. The maximum Gasteiger partial charge on any atom is 0.261 e. The van der Waals surface area contributed by atoms with E-state index in [2.05, 4.69) is 24.4 Å². The molecule has 0 saturated carbocycles. The van der Waals surface area contributed by atoms with E-state index < -0.39 is 6.10 Å². The Morgan fingerprint density at radius 3 is 2.46 bits per heavy atom. The van der Waals surface area contributed by atoms with E-state index in [9.17, 15) is 4.79 Å². The van der Waals surface area contributed by atoms with Gasteiger partial charge in [-0.2, -0.15) is 0 Å². The Morgan fingerprint density at radius 1 is 1.08 bits per heavy atom. The van der Waals surface area contributed by atoms with Gasteiger partial charge in [-0.3, -0.25) is 4.79 Å². The van der Waals surface area contributed by atoms with Crippen molar-refractivity contribution in [3.05, 3.63) is 65.2 Å². The van der Waals surface area contributed by atoms with Crippen molar-refractivity contribution in [2.75, 3.05) is 6.54 Å². The molecule has 0 saturated heterocycles. The SMILES string of the molecule is CCC(Oc1cccc(C)c1C)C(=O)NCC(C)c1ccccc1. The van der Waals surface area contributed by atoms with Crippen LogP contribution in [0, 0.1) is 13.8 Å². The van der Waals surface area contributed by atoms with Gasteiger partial charge in [0, 0.05) is 6.54 Å². The third-order valence-corrected chi connectivity index (χ3v) is 4.44. The number of amides is 1. The Bertz CT molecular complexity index is 667. The maximum absolute atomic E-state index is 12.5. The molecule has 2 atom stereocenters. The van der Waals surface area contributed by atoms with Crippen LogP contribution >= 0.6 is 0 Å². The number of benzene rings is 2. The second-order valence-corrected chi connectivity index (χ2v) is 6.27. The van der Waals surface area contributed by atoms with Crippen LogP contribution in [0.25, 0.3) is 0 Å². The summed E-state index contributed by atoms with van der Waals surface area (Å²) in [5, 5.41) is 3.02. The average Bonchev–Trinajstić information content (AvgIpc) is 2.61. The van der Waals surface area contributed by atoms with Crippen LogP contribution in [0.15, 0.2) is 48.5 Å². The van der Waals surface area contributed by atoms with Gasteiger partial charge < -0.3 is 10.1 Å². The molecule has 2 aromatic carbocycles. The van der Waals surface area contributed by atoms with Crippen molar-refractivity contribution < 1.29 is 9.53 Å². The number of carbonyl (C=O) groups excluding carboxylic acids is 1. The third kappa shape index (κ3) is 4.60. The first-order valence-corrected chi connectivity index (χ1v) is 8.58. The molecule has 1 amide bonds. The Kier molecular flexibility index (Phi) is 6.42. The number of ether oxygens (including phenoxy) is 1. The van der Waals surface area contributed by atoms with Gasteiger partial charge in [-0.25, -0.2) is 0 Å². The van der Waals surface area contributed by atoms with Gasteiger partial charge in [0.15, 0.2) is 6.10 Å². The fourth-order valence-corrected chi connectivity index (χ4v) is 2.59. The number of carbonyl (C=O) groups is 1. The second-order valence-electron chi connectivity index (χ2n) is 6.27. The first-order chi connectivity index (χ1) is 11.5. The average molecular weight is 325 g/mol. The van der Waals surface area contributed by atoms with Crippen LogP contribution in [0.2, 0.25) is 0 Å². The van der Waals surface area contributed by atoms with Crippen molar-refractivity contribution in [3.63, 3.8) is 0 Å². The summed E-state index contributed by atoms with van der Waals surface area (Å²) < 4.78 is 5.96. The lowest BCUT2D eigenvalue weighted by Crippen LogP contribution is -2.39. The van der Waals surface area contributed by atoms with Crippen molar-refractivity contribution in [1.82, 2.24) is 5.32 Å². The van der Waals surface area contributed by atoms with Gasteiger partial charge in [0.1, 0.15) is 5.75 Å². The highest BCUT2D eigenvalue weighted by molar-refractivity contribution is 5.81. The van der Waals surface area contributed by atoms with E-state index in [0.29, 0.717) is 13.0 Å². The topological polar surface area (TPSA) is 38.3 Å². The van der Waals surface area contributed by atoms with E-state index in [0.717, 1.165) is 11.3 Å². The molecule has 0 radical (unpaired) electrons. The molecule has 0 fully saturated rings. The van der Waals surface area contributed by atoms with Crippen molar-refractivity contribution in [1.29, 1.82) is 0 Å². The largest absolute Gasteiger partial charge is 0.480 e. The molecular weight excluding hydrogens is 298 g/mol. The molecule has 2 rings (SSSR count). The molecular formula is C21H27NO2. The predicted octanol–water partition coefficient (Wildman–Crippen LogP) is 4.38. The molecule has 0 heterocycles. The molecule has 0 aromatic heterocycles. The third-order valence-electron chi connectivity index (χ3n) is 4.44. The molecule has 128 valence electrons. The van der Waals surface area contributed by atoms with E-state index in [4.69, 9.17) is 4.74 Å². The summed E-state index contributed by atoms with van der Waals surface area (Å²) in [6, 6.07) is 16.1. The lowest BCUT2D eigenvalue weighted by Gasteiger charge is -2.20. The molecule has 24 heavy (non-hydrogen) atoms. The van der Waals surface area contributed by atoms with Crippen LogP contribution in [-0.2, 0) is 4.79 Å². The standard InChI is InChI=1S/C21H27NO2/c1-5-19(24-20-13-9-10-15(2)17(20)4)21(23)22-14-16(3)18-11-7-6-8-12-18/h6-13,16,19H,5,14H2,1-4H3,(H,22,23). The van der Waals surface area contributed by atoms with Crippen molar-refractivity contribution in [2.45, 2.75) is 46.1 Å². The second kappa shape index (κ2) is 8.53. The Hall–Kier alpha value is -2.29. The molecule has 3 nitrogen and oxygen atoms in total. The minimum atomic E-state index is -0.464. The molecule has 0 aliphatic carbocycles. The highest BCUT2D eigenvalue weighted by atomic mass is 16.5. The number of hydrogen-bond acceptors (Lipinski definition) is 2. The minimum absolute atomic E-state index is 0.0545. The van der Waals surface area contributed by atoms with E-state index in [1.165, 1.54) is 11.1 Å². The van der Waals surface area contributed by atoms with Gasteiger partial charge in [0.2, 0.25) is 0 Å². The molecule has 2 unspecified atom stereocenters. The summed E-state index contributed by atoms with van der Waals surface area (Å²) in [5.41, 5.74) is 3.48. The smallest absolute Gasteiger partial charge is 0.261 e. The first kappa shape index (κ1) is 18.1. The lowest BCUT2D eigenvalue weighted by molar-refractivity contribution is -0.128. The molecule has 0 aliphatic heterocycles. The monoisotopic (exact) mass is 325 g/mol. The van der Waals surface area contributed by atoms with Crippen molar-refractivity contribution in [3.8, 4) is 5.75 Å². The molecule has 2 aromatic rings. The Labute approximate surface area is 145 Å². The number of hydrogen-bond donors (Lipinski definition) is 1. The lowest BCUT2D eigenvalue weighted by atomic mass is 10.0. The van der Waals surface area contributed by atoms with Gasteiger partial charge in [0.05, 0.1) is 0 Å². The molecule has 0 aliphatic rings. The van der Waals surface area contributed by atoms with Crippen LogP contribution < -0.4 is 10.1 Å². The molecule has 0 bridgehead atoms. The van der Waals surface area contributed by atoms with Gasteiger partial charge in [-0.1, -0.05) is 56.3 Å². The van der Waals surface area contributed by atoms with Gasteiger partial charge in [0.25, 0.3) is 5.91 Å². The van der Waals surface area contributed by atoms with Gasteiger partial charge in [-0.05, 0) is 48.9 Å². The van der Waals surface area contributed by atoms with Crippen LogP contribution in [0.3, 0.4) is 0 Å². The number of rotatable bonds is 7. The van der Waals surface area contributed by atoms with Crippen LogP contribution in [0.5, 0.6) is 5.75 Å². The summed E-state index contributed by atoms with van der Waals surface area (Å²) in [7, 11) is 0. The van der Waals surface area contributed by atoms with Crippen LogP contribution in [-0.4, -0.2) is 18.6 Å². The van der Waals surface area contributed by atoms with E-state index in [1.54, 1.807) is 0 Å². The first-order valence-electron chi connectivity index (χ1n) is 8.58. The predicted molar refractivity (Wildman–Crippen MR) is 98.5 cm³/mol. The summed E-state index contributed by atoms with van der Waals surface area (Å²) in [6.45, 7) is 8.76. The number of aryl methyl sites for hydroxylation is 1. The van der Waals surface area contributed by atoms with E-state index in [1.807, 2.05) is 57.2 Å². The Morgan fingerprint density at radius 2 is 1.79 bits per heavy atom. The molecule has 3 heteroatoms. The molecule has 1 N–H and O–H groups in total. The highest BCUT2D eigenvalue weighted by Crippen LogP contribution is 2.22. The summed E-state index contributed by atoms with van der Waals surface area (Å²) in [4.78, 5) is 12.5. The van der Waals surface area contributed by atoms with E-state index in [-0.39, 0.29) is 11.8 Å². The zero-order valence-electron chi connectivity index (χ0n) is 15.0. The normalized spacial score (nSPS) is 13.2. The fourth-order valence-electron chi connectivity index (χ4n) is 2.59. The van der Waals surface area contributed by atoms with Crippen LogP contribution in [0.1, 0.15) is 42.9 Å². The van der Waals surface area contributed by atoms with Gasteiger partial charge in [-0.15, -0.1) is 0 Å². The zero-order chi connectivity index (χ0) is 17.5. The van der Waals surface area contributed by atoms with Crippen LogP contribution in [0.4, 0.5) is 0 Å². The van der Waals surface area contributed by atoms with E-state index >= 15 is 0 Å². The summed E-state index contributed by atoms with van der Waals surface area (Å²) >= 11 is 0.